The maximum Gasteiger partial charge on any atom is 0.231 e. The van der Waals surface area contributed by atoms with Crippen molar-refractivity contribution in [3.05, 3.63) is 0 Å². The Hall–Kier alpha value is -0.440. The van der Waals surface area contributed by atoms with E-state index in [0.29, 0.717) is 19.7 Å². The fourth-order valence-corrected chi connectivity index (χ4v) is 4.44. The van der Waals surface area contributed by atoms with Gasteiger partial charge in [-0.3, -0.25) is 36.5 Å². The summed E-state index contributed by atoms with van der Waals surface area (Å²) >= 11 is 0. The minimum atomic E-state index is -1.07. The van der Waals surface area contributed by atoms with E-state index in [0.717, 1.165) is 26.2 Å². The summed E-state index contributed by atoms with van der Waals surface area (Å²) in [4.78, 5) is 8.73. The molecule has 1 saturated heterocycles. The highest BCUT2D eigenvalue weighted by molar-refractivity contribution is 5.07. The number of nitrogens with two attached hydrogens (primary N) is 1. The van der Waals surface area contributed by atoms with E-state index in [1.807, 2.05) is 21.1 Å². The zero-order valence-electron chi connectivity index (χ0n) is 21.6. The number of ether oxygens (including phenoxy) is 2. The average molecular weight is 448 g/mol. The lowest BCUT2D eigenvalue weighted by molar-refractivity contribution is -0.418. The lowest BCUT2D eigenvalue weighted by Crippen LogP contribution is -2.94. The number of likely N-dealkylation sites (N-methyl/N-ethyl adjacent to an activating group) is 5. The summed E-state index contributed by atoms with van der Waals surface area (Å²) in [5.74, 6) is -2.79. The summed E-state index contributed by atoms with van der Waals surface area (Å²) in [5.41, 5.74) is 10.4. The summed E-state index contributed by atoms with van der Waals surface area (Å²) in [6.45, 7) is 9.12. The van der Waals surface area contributed by atoms with E-state index < -0.39 is 17.5 Å². The number of hydrogen-bond donors (Lipinski definition) is 4. The standard InChI is InChI=1S/C20H49N9O2/c1-11-28(12-2)20(27(8)9)19(26(6)7,23-14-16-30-10)29(24-13-15-25(4)5)17-18(21,22-3)31-20/h22-24H,11-17,21H2,1-10H3. The van der Waals surface area contributed by atoms with Crippen LogP contribution in [0.4, 0.5) is 0 Å². The third-order valence-electron chi connectivity index (χ3n) is 5.97. The predicted molar refractivity (Wildman–Crippen MR) is 126 cm³/mol. The molecule has 0 bridgehead atoms. The Morgan fingerprint density at radius 1 is 1.03 bits per heavy atom. The van der Waals surface area contributed by atoms with E-state index in [4.69, 9.17) is 15.2 Å². The van der Waals surface area contributed by atoms with Gasteiger partial charge in [0.05, 0.1) is 13.2 Å². The number of morpholine rings is 1. The Morgan fingerprint density at radius 3 is 2.06 bits per heavy atom. The van der Waals surface area contributed by atoms with Gasteiger partial charge in [0.2, 0.25) is 11.6 Å². The molecule has 0 aromatic heterocycles. The zero-order chi connectivity index (χ0) is 23.9. The van der Waals surface area contributed by atoms with Gasteiger partial charge in [-0.15, -0.1) is 0 Å². The normalized spacial score (nSPS) is 30.3. The molecule has 3 unspecified atom stereocenters. The molecule has 0 saturated carbocycles. The topological polar surface area (TPSA) is 96.8 Å². The fourth-order valence-electron chi connectivity index (χ4n) is 4.44. The number of methoxy groups -OCH3 is 1. The minimum absolute atomic E-state index is 0.423. The van der Waals surface area contributed by atoms with Crippen LogP contribution in [0, 0.1) is 0 Å². The molecule has 1 aliphatic heterocycles. The van der Waals surface area contributed by atoms with Crippen LogP contribution in [0.25, 0.3) is 0 Å². The van der Waals surface area contributed by atoms with E-state index in [2.05, 4.69) is 82.7 Å². The van der Waals surface area contributed by atoms with Gasteiger partial charge < -0.3 is 14.4 Å². The first-order chi connectivity index (χ1) is 14.5. The second-order valence-electron chi connectivity index (χ2n) is 8.70. The fraction of sp³-hybridized carbons (Fsp3) is 1.00. The molecular weight excluding hydrogens is 398 g/mol. The van der Waals surface area contributed by atoms with Crippen LogP contribution in [0.1, 0.15) is 13.8 Å². The molecule has 0 aromatic rings. The maximum atomic E-state index is 6.86. The van der Waals surface area contributed by atoms with Crippen molar-refractivity contribution >= 4 is 0 Å². The number of nitrogens with zero attached hydrogens (tertiary/aromatic N) is 5. The summed E-state index contributed by atoms with van der Waals surface area (Å²) in [7, 11) is 15.9. The number of hydrogen-bond acceptors (Lipinski definition) is 11. The third-order valence-corrected chi connectivity index (χ3v) is 5.97. The lowest BCUT2D eigenvalue weighted by Gasteiger charge is -2.68. The van der Waals surface area contributed by atoms with Crippen molar-refractivity contribution < 1.29 is 9.47 Å². The van der Waals surface area contributed by atoms with Gasteiger partial charge in [-0.25, -0.2) is 5.01 Å². The molecule has 0 amide bonds. The molecule has 0 aromatic carbocycles. The number of nitrogens with one attached hydrogen (secondary N) is 3. The number of rotatable bonds is 14. The molecule has 5 N–H and O–H groups in total. The smallest absolute Gasteiger partial charge is 0.231 e. The first-order valence-electron chi connectivity index (χ1n) is 11.2. The van der Waals surface area contributed by atoms with Crippen LogP contribution in [-0.2, 0) is 9.47 Å². The van der Waals surface area contributed by atoms with Crippen LogP contribution in [0.5, 0.6) is 0 Å². The predicted octanol–water partition coefficient (Wildman–Crippen LogP) is -1.77. The van der Waals surface area contributed by atoms with Gasteiger partial charge in [0.1, 0.15) is 0 Å². The monoisotopic (exact) mass is 447 g/mol. The molecule has 1 heterocycles. The Morgan fingerprint density at radius 2 is 1.65 bits per heavy atom. The molecule has 0 radical (unpaired) electrons. The van der Waals surface area contributed by atoms with E-state index >= 15 is 0 Å². The van der Waals surface area contributed by atoms with Crippen molar-refractivity contribution in [3.8, 4) is 0 Å². The Balaban J connectivity index is 3.72. The third kappa shape index (κ3) is 5.74. The van der Waals surface area contributed by atoms with Crippen molar-refractivity contribution in [2.24, 2.45) is 5.73 Å². The van der Waals surface area contributed by atoms with Crippen LogP contribution < -0.4 is 21.8 Å². The zero-order valence-corrected chi connectivity index (χ0v) is 21.6. The van der Waals surface area contributed by atoms with Gasteiger partial charge in [-0.05, 0) is 62.4 Å². The second-order valence-corrected chi connectivity index (χ2v) is 8.70. The Bertz CT molecular complexity index is 521. The first-order valence-corrected chi connectivity index (χ1v) is 11.2. The summed E-state index contributed by atoms with van der Waals surface area (Å²) in [6, 6.07) is 0. The molecule has 0 aliphatic carbocycles. The van der Waals surface area contributed by atoms with Crippen LogP contribution in [-0.4, -0.2) is 144 Å². The SMILES string of the molecule is CCN(CC)C1(N(C)C)OC(N)(NC)CN(NCCN(C)C)C1(NCCOC)N(C)C. The second kappa shape index (κ2) is 12.1. The summed E-state index contributed by atoms with van der Waals surface area (Å²) < 4.78 is 12.2. The summed E-state index contributed by atoms with van der Waals surface area (Å²) in [6.07, 6.45) is 0. The van der Waals surface area contributed by atoms with Gasteiger partial charge in [0.25, 0.3) is 0 Å². The van der Waals surface area contributed by atoms with E-state index in [-0.39, 0.29) is 0 Å². The summed E-state index contributed by atoms with van der Waals surface area (Å²) in [5, 5.41) is 9.16. The van der Waals surface area contributed by atoms with Crippen molar-refractivity contribution in [1.82, 2.24) is 40.7 Å². The minimum Gasteiger partial charge on any atom is -0.383 e. The van der Waals surface area contributed by atoms with Crippen molar-refractivity contribution in [2.75, 3.05) is 102 Å². The highest BCUT2D eigenvalue weighted by Gasteiger charge is 2.68. The number of hydrazine groups is 1. The Kier molecular flexibility index (Phi) is 11.2. The molecule has 31 heavy (non-hydrogen) atoms. The lowest BCUT2D eigenvalue weighted by atomic mass is 10.0. The van der Waals surface area contributed by atoms with Crippen LogP contribution in [0.15, 0.2) is 0 Å². The van der Waals surface area contributed by atoms with Gasteiger partial charge in [0.15, 0.2) is 5.85 Å². The highest BCUT2D eigenvalue weighted by atomic mass is 16.6. The Labute approximate surface area is 190 Å². The molecule has 11 heteroatoms. The maximum absolute atomic E-state index is 6.86. The molecular formula is C20H49N9O2. The largest absolute Gasteiger partial charge is 0.383 e. The molecule has 0 spiro atoms. The van der Waals surface area contributed by atoms with E-state index in [1.165, 1.54) is 0 Å². The van der Waals surface area contributed by atoms with Gasteiger partial charge >= 0.3 is 0 Å². The molecule has 186 valence electrons. The molecule has 1 fully saturated rings. The van der Waals surface area contributed by atoms with Crippen molar-refractivity contribution in [2.45, 2.75) is 31.3 Å². The van der Waals surface area contributed by atoms with E-state index in [1.54, 1.807) is 7.11 Å². The molecule has 3 atom stereocenters. The molecule has 1 rings (SSSR count). The average Bonchev–Trinajstić information content (AvgIpc) is 2.70. The van der Waals surface area contributed by atoms with Gasteiger partial charge in [0, 0.05) is 26.7 Å². The first kappa shape index (κ1) is 28.6. The molecule has 1 aliphatic rings. The van der Waals surface area contributed by atoms with Crippen molar-refractivity contribution in [1.29, 1.82) is 0 Å². The molecule has 11 nitrogen and oxygen atoms in total. The van der Waals surface area contributed by atoms with Crippen molar-refractivity contribution in [3.63, 3.8) is 0 Å². The highest BCUT2D eigenvalue weighted by Crippen LogP contribution is 2.42. The quantitative estimate of drug-likeness (QED) is 0.180. The van der Waals surface area contributed by atoms with E-state index in [9.17, 15) is 0 Å². The van der Waals surface area contributed by atoms with Crippen LogP contribution in [0.3, 0.4) is 0 Å². The van der Waals surface area contributed by atoms with Gasteiger partial charge in [-0.1, -0.05) is 13.8 Å². The van der Waals surface area contributed by atoms with Gasteiger partial charge in [-0.2, -0.15) is 0 Å². The van der Waals surface area contributed by atoms with Crippen LogP contribution >= 0.6 is 0 Å². The van der Waals surface area contributed by atoms with Crippen LogP contribution in [0.2, 0.25) is 0 Å².